The Hall–Kier alpha value is -1.15. The van der Waals surface area contributed by atoms with Crippen LogP contribution in [0.4, 0.5) is 0 Å². The standard InChI is InChI=1S/C12H24N2O5S/c1-6-14(8-7-9(15)16)11(17)10(12(2,3)4)13-20(5,18)19/h10,13H,6-8H2,1-5H3,(H,15,16). The molecule has 0 aromatic carbocycles. The van der Waals surface area contributed by atoms with Gasteiger partial charge >= 0.3 is 5.97 Å². The Morgan fingerprint density at radius 2 is 1.80 bits per heavy atom. The van der Waals surface area contributed by atoms with Crippen molar-refractivity contribution in [3.05, 3.63) is 0 Å². The molecule has 0 aliphatic rings. The molecule has 0 heterocycles. The van der Waals surface area contributed by atoms with E-state index in [9.17, 15) is 18.0 Å². The van der Waals surface area contributed by atoms with E-state index in [1.165, 1.54) is 4.90 Å². The van der Waals surface area contributed by atoms with Crippen molar-refractivity contribution in [2.24, 2.45) is 5.41 Å². The number of nitrogens with one attached hydrogen (secondary N) is 1. The number of carbonyl (C=O) groups is 2. The molecule has 0 rings (SSSR count). The molecule has 0 saturated heterocycles. The molecule has 20 heavy (non-hydrogen) atoms. The van der Waals surface area contributed by atoms with Crippen LogP contribution in [0.3, 0.4) is 0 Å². The second-order valence-electron chi connectivity index (χ2n) is 5.75. The van der Waals surface area contributed by atoms with Gasteiger partial charge in [0.15, 0.2) is 0 Å². The molecule has 8 heteroatoms. The Morgan fingerprint density at radius 3 is 2.10 bits per heavy atom. The summed E-state index contributed by atoms with van der Waals surface area (Å²) in [5, 5.41) is 8.68. The van der Waals surface area contributed by atoms with Gasteiger partial charge in [-0.15, -0.1) is 0 Å². The van der Waals surface area contributed by atoms with Gasteiger partial charge in [-0.1, -0.05) is 20.8 Å². The number of nitrogens with zero attached hydrogens (tertiary/aromatic N) is 1. The van der Waals surface area contributed by atoms with Crippen molar-refractivity contribution >= 4 is 21.9 Å². The number of carboxylic acid groups (broad SMARTS) is 1. The number of rotatable bonds is 7. The van der Waals surface area contributed by atoms with Crippen molar-refractivity contribution in [3.63, 3.8) is 0 Å². The van der Waals surface area contributed by atoms with Gasteiger partial charge in [0, 0.05) is 13.1 Å². The lowest BCUT2D eigenvalue weighted by Crippen LogP contribution is -2.54. The zero-order valence-corrected chi connectivity index (χ0v) is 13.5. The third kappa shape index (κ3) is 6.85. The Morgan fingerprint density at radius 1 is 1.30 bits per heavy atom. The number of aliphatic carboxylic acids is 1. The summed E-state index contributed by atoms with van der Waals surface area (Å²) in [6.45, 7) is 7.35. The number of sulfonamides is 1. The maximum absolute atomic E-state index is 12.4. The zero-order chi connectivity index (χ0) is 16.1. The summed E-state index contributed by atoms with van der Waals surface area (Å²) in [5.41, 5.74) is -0.614. The predicted molar refractivity (Wildman–Crippen MR) is 75.7 cm³/mol. The minimum Gasteiger partial charge on any atom is -0.481 e. The van der Waals surface area contributed by atoms with E-state index in [4.69, 9.17) is 5.11 Å². The molecule has 0 aliphatic heterocycles. The molecule has 7 nitrogen and oxygen atoms in total. The van der Waals surface area contributed by atoms with Crippen molar-refractivity contribution in [1.82, 2.24) is 9.62 Å². The van der Waals surface area contributed by atoms with Gasteiger partial charge in [0.05, 0.1) is 12.7 Å². The van der Waals surface area contributed by atoms with Crippen LogP contribution >= 0.6 is 0 Å². The number of carboxylic acids is 1. The fourth-order valence-electron chi connectivity index (χ4n) is 1.65. The van der Waals surface area contributed by atoms with Gasteiger partial charge in [0.1, 0.15) is 6.04 Å². The number of likely N-dealkylation sites (N-methyl/N-ethyl adjacent to an activating group) is 1. The molecule has 1 unspecified atom stereocenters. The van der Waals surface area contributed by atoms with Crippen molar-refractivity contribution in [1.29, 1.82) is 0 Å². The Kier molecular flexibility index (Phi) is 6.63. The number of hydrogen-bond acceptors (Lipinski definition) is 4. The van der Waals surface area contributed by atoms with Gasteiger partial charge < -0.3 is 10.0 Å². The first-order chi connectivity index (χ1) is 8.88. The molecule has 2 N–H and O–H groups in total. The van der Waals surface area contributed by atoms with Gasteiger partial charge in [-0.3, -0.25) is 9.59 Å². The second kappa shape index (κ2) is 7.03. The van der Waals surface area contributed by atoms with Crippen molar-refractivity contribution < 1.29 is 23.1 Å². The van der Waals surface area contributed by atoms with Crippen LogP contribution in [0.2, 0.25) is 0 Å². The van der Waals surface area contributed by atoms with E-state index in [0.29, 0.717) is 6.54 Å². The first kappa shape index (κ1) is 18.9. The lowest BCUT2D eigenvalue weighted by Gasteiger charge is -2.34. The Balaban J connectivity index is 5.15. The average Bonchev–Trinajstić information content (AvgIpc) is 2.23. The topological polar surface area (TPSA) is 104 Å². The fourth-order valence-corrected chi connectivity index (χ4v) is 2.53. The molecule has 1 amide bonds. The molecular weight excluding hydrogens is 284 g/mol. The smallest absolute Gasteiger partial charge is 0.305 e. The highest BCUT2D eigenvalue weighted by atomic mass is 32.2. The van der Waals surface area contributed by atoms with Crippen molar-refractivity contribution in [2.75, 3.05) is 19.3 Å². The summed E-state index contributed by atoms with van der Waals surface area (Å²) in [6, 6.07) is -0.925. The number of carbonyl (C=O) groups excluding carboxylic acids is 1. The van der Waals surface area contributed by atoms with Crippen LogP contribution in [0.25, 0.3) is 0 Å². The van der Waals surface area contributed by atoms with E-state index in [2.05, 4.69) is 4.72 Å². The fraction of sp³-hybridized carbons (Fsp3) is 0.833. The third-order valence-corrected chi connectivity index (χ3v) is 3.40. The monoisotopic (exact) mass is 308 g/mol. The molecule has 0 aliphatic carbocycles. The molecule has 1 atom stereocenters. The largest absolute Gasteiger partial charge is 0.481 e. The number of hydrogen-bond donors (Lipinski definition) is 2. The van der Waals surface area contributed by atoms with Crippen LogP contribution in [0.1, 0.15) is 34.1 Å². The molecule has 0 aromatic heterocycles. The van der Waals surface area contributed by atoms with Crippen LogP contribution in [0.5, 0.6) is 0 Å². The normalized spacial score (nSPS) is 13.8. The van der Waals surface area contributed by atoms with Gasteiger partial charge in [-0.05, 0) is 12.3 Å². The van der Waals surface area contributed by atoms with E-state index in [-0.39, 0.29) is 13.0 Å². The minimum atomic E-state index is -3.54. The molecule has 0 saturated carbocycles. The highest BCUT2D eigenvalue weighted by Crippen LogP contribution is 2.22. The van der Waals surface area contributed by atoms with Crippen LogP contribution in [0.15, 0.2) is 0 Å². The SMILES string of the molecule is CCN(CCC(=O)O)C(=O)C(NS(C)(=O)=O)C(C)(C)C. The summed E-state index contributed by atoms with van der Waals surface area (Å²) in [7, 11) is -3.54. The summed E-state index contributed by atoms with van der Waals surface area (Å²) >= 11 is 0. The van der Waals surface area contributed by atoms with Gasteiger partial charge in [0.2, 0.25) is 15.9 Å². The van der Waals surface area contributed by atoms with Crippen LogP contribution in [-0.4, -0.2) is 55.7 Å². The molecule has 0 aromatic rings. The van der Waals surface area contributed by atoms with Crippen LogP contribution in [-0.2, 0) is 19.6 Å². The molecular formula is C12H24N2O5S. The molecule has 0 radical (unpaired) electrons. The van der Waals surface area contributed by atoms with Crippen LogP contribution < -0.4 is 4.72 Å². The first-order valence-electron chi connectivity index (χ1n) is 6.36. The molecule has 0 fully saturated rings. The van der Waals surface area contributed by atoms with E-state index in [1.54, 1.807) is 27.7 Å². The summed E-state index contributed by atoms with van der Waals surface area (Å²) < 4.78 is 25.1. The Labute approximate surface area is 120 Å². The number of amides is 1. The average molecular weight is 308 g/mol. The predicted octanol–water partition coefficient (Wildman–Crippen LogP) is 0.274. The van der Waals surface area contributed by atoms with Gasteiger partial charge in [-0.2, -0.15) is 0 Å². The highest BCUT2D eigenvalue weighted by Gasteiger charge is 2.36. The van der Waals surface area contributed by atoms with E-state index < -0.39 is 33.4 Å². The summed E-state index contributed by atoms with van der Waals surface area (Å²) in [6.07, 6.45) is 0.821. The lowest BCUT2D eigenvalue weighted by molar-refractivity contribution is -0.139. The second-order valence-corrected chi connectivity index (χ2v) is 7.53. The van der Waals surface area contributed by atoms with Crippen molar-refractivity contribution in [2.45, 2.75) is 40.2 Å². The van der Waals surface area contributed by atoms with Crippen molar-refractivity contribution in [3.8, 4) is 0 Å². The highest BCUT2D eigenvalue weighted by molar-refractivity contribution is 7.88. The van der Waals surface area contributed by atoms with E-state index in [0.717, 1.165) is 6.26 Å². The van der Waals surface area contributed by atoms with Crippen LogP contribution in [0, 0.1) is 5.41 Å². The van der Waals surface area contributed by atoms with E-state index >= 15 is 0 Å². The third-order valence-electron chi connectivity index (χ3n) is 2.73. The molecule has 0 spiro atoms. The van der Waals surface area contributed by atoms with Gasteiger partial charge in [0.25, 0.3) is 0 Å². The molecule has 0 bridgehead atoms. The first-order valence-corrected chi connectivity index (χ1v) is 8.25. The molecule has 118 valence electrons. The quantitative estimate of drug-likeness (QED) is 0.703. The maximum Gasteiger partial charge on any atom is 0.305 e. The maximum atomic E-state index is 12.4. The zero-order valence-electron chi connectivity index (χ0n) is 12.6. The summed E-state index contributed by atoms with van der Waals surface area (Å²) in [5.74, 6) is -1.41. The minimum absolute atomic E-state index is 0.0582. The lowest BCUT2D eigenvalue weighted by atomic mass is 9.86. The van der Waals surface area contributed by atoms with E-state index in [1.807, 2.05) is 0 Å². The van der Waals surface area contributed by atoms with Gasteiger partial charge in [-0.25, -0.2) is 13.1 Å². The summed E-state index contributed by atoms with van der Waals surface area (Å²) in [4.78, 5) is 24.4. The Bertz CT molecular complexity index is 453.